The average molecular weight is 415 g/mol. The van der Waals surface area contributed by atoms with Crippen LogP contribution in [0, 0.1) is 0 Å². The Morgan fingerprint density at radius 2 is 1.96 bits per heavy atom. The minimum Gasteiger partial charge on any atom is -0.478 e. The summed E-state index contributed by atoms with van der Waals surface area (Å²) in [6, 6.07) is 13.9. The van der Waals surface area contributed by atoms with E-state index in [1.807, 2.05) is 17.5 Å². The van der Waals surface area contributed by atoms with Gasteiger partial charge in [0, 0.05) is 26.9 Å². The molecular formula is C20H18N2O4S2. The maximum atomic E-state index is 11.3. The van der Waals surface area contributed by atoms with Crippen molar-refractivity contribution in [1.29, 1.82) is 0 Å². The summed E-state index contributed by atoms with van der Waals surface area (Å²) in [4.78, 5) is 16.4. The number of aromatic nitrogens is 1. The lowest BCUT2D eigenvalue weighted by atomic mass is 10.1. The van der Waals surface area contributed by atoms with E-state index in [2.05, 4.69) is 10.3 Å². The molecule has 4 N–H and O–H groups in total. The topological polar surface area (TPSA) is 103 Å². The van der Waals surface area contributed by atoms with Gasteiger partial charge in [-0.05, 0) is 48.7 Å². The molecule has 0 saturated carbocycles. The molecule has 0 unspecified atom stereocenters. The maximum absolute atomic E-state index is 11.3. The Labute approximate surface area is 166 Å². The zero-order valence-electron chi connectivity index (χ0n) is 14.9. The first-order chi connectivity index (χ1) is 13.4. The highest BCUT2D eigenvalue weighted by molar-refractivity contribution is 8.24. The summed E-state index contributed by atoms with van der Waals surface area (Å²) in [6.07, 6.45) is 0. The second-order valence-corrected chi connectivity index (χ2v) is 9.57. The lowest BCUT2D eigenvalue weighted by Gasteiger charge is -2.31. The molecule has 2 aromatic carbocycles. The molecule has 0 aliphatic heterocycles. The van der Waals surface area contributed by atoms with Gasteiger partial charge < -0.3 is 10.4 Å². The number of thiophene rings is 1. The van der Waals surface area contributed by atoms with Gasteiger partial charge in [-0.1, -0.05) is 12.1 Å². The summed E-state index contributed by atoms with van der Waals surface area (Å²) in [5.41, 5.74) is 1.45. The van der Waals surface area contributed by atoms with Gasteiger partial charge >= 0.3 is 5.97 Å². The quantitative estimate of drug-likeness (QED) is 0.318. The molecule has 2 heterocycles. The van der Waals surface area contributed by atoms with E-state index < -0.39 is 16.6 Å². The van der Waals surface area contributed by atoms with E-state index in [0.717, 1.165) is 15.5 Å². The second kappa shape index (κ2) is 7.06. The molecule has 0 aliphatic rings. The standard InChI is InChI=1S/C20H18N2O4S2/c1-2-28(25,26)14-5-3-4-13(11-14)21-19-16-8-9-27-18(16)15-7-6-12(20(23)24)10-17(15)22-19/h3-11,25-26H,2H2,1H3,(H,21,22)(H,23,24). The van der Waals surface area contributed by atoms with Crippen molar-refractivity contribution in [2.45, 2.75) is 11.8 Å². The zero-order valence-corrected chi connectivity index (χ0v) is 16.5. The molecule has 0 spiro atoms. The number of hydrogen-bond donors (Lipinski definition) is 4. The van der Waals surface area contributed by atoms with Gasteiger partial charge in [-0.3, -0.25) is 9.11 Å². The molecule has 8 heteroatoms. The van der Waals surface area contributed by atoms with E-state index in [9.17, 15) is 19.0 Å². The molecule has 2 aromatic heterocycles. The zero-order chi connectivity index (χ0) is 19.9. The van der Waals surface area contributed by atoms with Crippen molar-refractivity contribution >= 4 is 60.4 Å². The molecule has 0 atom stereocenters. The first-order valence-electron chi connectivity index (χ1n) is 8.56. The van der Waals surface area contributed by atoms with Gasteiger partial charge in [-0.2, -0.15) is 10.6 Å². The Balaban J connectivity index is 1.83. The van der Waals surface area contributed by atoms with Crippen molar-refractivity contribution in [1.82, 2.24) is 4.98 Å². The molecule has 0 fully saturated rings. The highest BCUT2D eigenvalue weighted by Gasteiger charge is 2.15. The van der Waals surface area contributed by atoms with Crippen LogP contribution in [0.15, 0.2) is 58.8 Å². The third-order valence-corrected chi connectivity index (χ3v) is 7.28. The van der Waals surface area contributed by atoms with Crippen molar-refractivity contribution in [2.75, 3.05) is 11.1 Å². The molecular weight excluding hydrogens is 396 g/mol. The number of carbonyl (C=O) groups is 1. The van der Waals surface area contributed by atoms with E-state index in [0.29, 0.717) is 21.9 Å². The van der Waals surface area contributed by atoms with E-state index in [1.54, 1.807) is 54.7 Å². The van der Waals surface area contributed by atoms with Crippen LogP contribution in [0.25, 0.3) is 21.0 Å². The maximum Gasteiger partial charge on any atom is 0.335 e. The SMILES string of the molecule is CCS(O)(O)c1cccc(Nc2nc3cc(C(=O)O)ccc3c3sccc23)c1. The van der Waals surface area contributed by atoms with Crippen LogP contribution in [0.1, 0.15) is 17.3 Å². The lowest BCUT2D eigenvalue weighted by Crippen LogP contribution is -2.02. The summed E-state index contributed by atoms with van der Waals surface area (Å²) >= 11 is 1.56. The molecule has 144 valence electrons. The van der Waals surface area contributed by atoms with Crippen LogP contribution in [0.3, 0.4) is 0 Å². The lowest BCUT2D eigenvalue weighted by molar-refractivity contribution is 0.0697. The molecule has 28 heavy (non-hydrogen) atoms. The Morgan fingerprint density at radius 1 is 1.14 bits per heavy atom. The molecule has 0 bridgehead atoms. The fourth-order valence-electron chi connectivity index (χ4n) is 3.01. The van der Waals surface area contributed by atoms with Gasteiger partial charge in [0.05, 0.1) is 16.0 Å². The van der Waals surface area contributed by atoms with Crippen molar-refractivity contribution in [2.24, 2.45) is 0 Å². The fourth-order valence-corrected chi connectivity index (χ4v) is 4.89. The van der Waals surface area contributed by atoms with Crippen LogP contribution < -0.4 is 5.32 Å². The molecule has 0 radical (unpaired) electrons. The van der Waals surface area contributed by atoms with Crippen LogP contribution in [0.4, 0.5) is 11.5 Å². The van der Waals surface area contributed by atoms with Gasteiger partial charge in [0.2, 0.25) is 0 Å². The number of pyridine rings is 1. The summed E-state index contributed by atoms with van der Waals surface area (Å²) in [6.45, 7) is 1.73. The number of benzene rings is 2. The Hall–Kier alpha value is -2.65. The normalized spacial score (nSPS) is 12.4. The summed E-state index contributed by atoms with van der Waals surface area (Å²) < 4.78 is 21.4. The van der Waals surface area contributed by atoms with Crippen LogP contribution in [0.5, 0.6) is 0 Å². The number of nitrogens with zero attached hydrogens (tertiary/aromatic N) is 1. The number of carboxylic acid groups (broad SMARTS) is 1. The fraction of sp³-hybridized carbons (Fsp3) is 0.100. The number of hydrogen-bond acceptors (Lipinski definition) is 6. The number of anilines is 2. The van der Waals surface area contributed by atoms with Crippen LogP contribution in [-0.2, 0) is 0 Å². The van der Waals surface area contributed by atoms with Gasteiger partial charge in [0.1, 0.15) is 5.82 Å². The highest BCUT2D eigenvalue weighted by Crippen LogP contribution is 2.48. The molecule has 6 nitrogen and oxygen atoms in total. The van der Waals surface area contributed by atoms with E-state index in [4.69, 9.17) is 0 Å². The van der Waals surface area contributed by atoms with Gasteiger partial charge in [-0.25, -0.2) is 9.78 Å². The number of nitrogens with one attached hydrogen (secondary N) is 1. The van der Waals surface area contributed by atoms with Crippen molar-refractivity contribution in [3.05, 3.63) is 59.5 Å². The number of fused-ring (bicyclic) bond motifs is 3. The number of rotatable bonds is 5. The van der Waals surface area contributed by atoms with Gasteiger partial charge in [0.15, 0.2) is 0 Å². The highest BCUT2D eigenvalue weighted by atomic mass is 32.3. The first kappa shape index (κ1) is 18.7. The van der Waals surface area contributed by atoms with E-state index >= 15 is 0 Å². The van der Waals surface area contributed by atoms with E-state index in [-0.39, 0.29) is 11.3 Å². The molecule has 4 rings (SSSR count). The van der Waals surface area contributed by atoms with Crippen molar-refractivity contribution < 1.29 is 19.0 Å². The number of aromatic carboxylic acids is 1. The molecule has 4 aromatic rings. The third-order valence-electron chi connectivity index (χ3n) is 4.52. The van der Waals surface area contributed by atoms with Crippen LogP contribution >= 0.6 is 21.9 Å². The molecule has 0 amide bonds. The summed E-state index contributed by atoms with van der Waals surface area (Å²) in [7, 11) is -2.82. The van der Waals surface area contributed by atoms with Crippen molar-refractivity contribution in [3.63, 3.8) is 0 Å². The second-order valence-electron chi connectivity index (χ2n) is 6.27. The summed E-state index contributed by atoms with van der Waals surface area (Å²) in [5.74, 6) is -0.157. The number of carboxylic acids is 1. The smallest absolute Gasteiger partial charge is 0.335 e. The van der Waals surface area contributed by atoms with Gasteiger partial charge in [-0.15, -0.1) is 11.3 Å². The minimum absolute atomic E-state index is 0.181. The van der Waals surface area contributed by atoms with Crippen LogP contribution in [-0.4, -0.2) is 30.9 Å². The summed E-state index contributed by atoms with van der Waals surface area (Å²) in [5, 5.41) is 16.3. The Kier molecular flexibility index (Phi) is 4.72. The predicted octanol–water partition coefficient (Wildman–Crippen LogP) is 6.02. The first-order valence-corrected chi connectivity index (χ1v) is 11.2. The Morgan fingerprint density at radius 3 is 2.71 bits per heavy atom. The van der Waals surface area contributed by atoms with Gasteiger partial charge in [0.25, 0.3) is 0 Å². The largest absolute Gasteiger partial charge is 0.478 e. The van der Waals surface area contributed by atoms with Crippen LogP contribution in [0.2, 0.25) is 0 Å². The average Bonchev–Trinajstić information content (AvgIpc) is 3.18. The monoisotopic (exact) mass is 414 g/mol. The van der Waals surface area contributed by atoms with Crippen molar-refractivity contribution in [3.8, 4) is 0 Å². The predicted molar refractivity (Wildman–Crippen MR) is 115 cm³/mol. The third kappa shape index (κ3) is 3.31. The molecule has 0 aliphatic carbocycles. The molecule has 0 saturated heterocycles. The Bertz CT molecular complexity index is 1200. The minimum atomic E-state index is -2.82. The van der Waals surface area contributed by atoms with E-state index in [1.165, 1.54) is 0 Å².